The summed E-state index contributed by atoms with van der Waals surface area (Å²) in [6.07, 6.45) is 2.46. The summed E-state index contributed by atoms with van der Waals surface area (Å²) >= 11 is 1.39. The molecule has 9 heteroatoms. The lowest BCUT2D eigenvalue weighted by Gasteiger charge is -2.09. The normalized spacial score (nSPS) is 11.2. The van der Waals surface area contributed by atoms with Crippen molar-refractivity contribution in [2.45, 2.75) is 38.8 Å². The molecule has 0 fully saturated rings. The lowest BCUT2D eigenvalue weighted by Crippen LogP contribution is -2.15. The van der Waals surface area contributed by atoms with Gasteiger partial charge in [0.15, 0.2) is 5.65 Å². The zero-order valence-electron chi connectivity index (χ0n) is 20.5. The number of carbonyl (C=O) groups excluding carboxylic acids is 1. The largest absolute Gasteiger partial charge is 0.322 e. The van der Waals surface area contributed by atoms with E-state index in [1.54, 1.807) is 6.20 Å². The molecule has 0 saturated carbocycles. The van der Waals surface area contributed by atoms with Crippen molar-refractivity contribution >= 4 is 34.4 Å². The van der Waals surface area contributed by atoms with E-state index in [9.17, 15) is 4.79 Å². The van der Waals surface area contributed by atoms with Gasteiger partial charge >= 0.3 is 0 Å². The van der Waals surface area contributed by atoms with Gasteiger partial charge in [-0.2, -0.15) is 10.2 Å². The number of rotatable bonds is 8. The highest BCUT2D eigenvalue weighted by Crippen LogP contribution is 2.28. The Morgan fingerprint density at radius 1 is 1.00 bits per heavy atom. The van der Waals surface area contributed by atoms with E-state index >= 15 is 0 Å². The van der Waals surface area contributed by atoms with Crippen molar-refractivity contribution < 1.29 is 4.79 Å². The molecule has 3 heterocycles. The van der Waals surface area contributed by atoms with Gasteiger partial charge in [0.2, 0.25) is 5.91 Å². The fourth-order valence-electron chi connectivity index (χ4n) is 4.05. The van der Waals surface area contributed by atoms with Crippen LogP contribution in [0.25, 0.3) is 16.7 Å². The molecule has 36 heavy (non-hydrogen) atoms. The summed E-state index contributed by atoms with van der Waals surface area (Å²) in [5, 5.41) is 13.8. The summed E-state index contributed by atoms with van der Waals surface area (Å²) in [5.74, 6) is 0.830. The highest BCUT2D eigenvalue weighted by Gasteiger charge is 2.18. The van der Waals surface area contributed by atoms with Gasteiger partial charge in [-0.25, -0.2) is 14.6 Å². The van der Waals surface area contributed by atoms with Crippen molar-refractivity contribution in [3.8, 4) is 5.69 Å². The van der Waals surface area contributed by atoms with Crippen LogP contribution in [0.1, 0.15) is 29.7 Å². The Labute approximate surface area is 213 Å². The molecule has 0 bridgehead atoms. The van der Waals surface area contributed by atoms with E-state index in [0.717, 1.165) is 50.2 Å². The van der Waals surface area contributed by atoms with Crippen LogP contribution in [0.3, 0.4) is 0 Å². The molecule has 0 atom stereocenters. The third-order valence-corrected chi connectivity index (χ3v) is 6.91. The standard InChI is InChI=1S/C27H27N7OS/c1-4-23-29-26-22(15-28-34(26)21-13-9-6-10-14-21)27(30-23)36-17-24(35)31-25-18(2)32-33(19(25)3)16-20-11-7-5-8-12-20/h5-15H,4,16-17H2,1-3H3,(H,31,35). The molecule has 0 aliphatic carbocycles. The van der Waals surface area contributed by atoms with Crippen LogP contribution in [0.2, 0.25) is 0 Å². The summed E-state index contributed by atoms with van der Waals surface area (Å²) in [6, 6.07) is 20.0. The van der Waals surface area contributed by atoms with Crippen LogP contribution in [-0.2, 0) is 17.8 Å². The number of fused-ring (bicyclic) bond motifs is 1. The topological polar surface area (TPSA) is 90.5 Å². The van der Waals surface area contributed by atoms with Crippen molar-refractivity contribution in [2.75, 3.05) is 11.1 Å². The van der Waals surface area contributed by atoms with Gasteiger partial charge in [-0.3, -0.25) is 9.48 Å². The molecule has 1 amide bonds. The number of benzene rings is 2. The minimum atomic E-state index is -0.106. The number of thioether (sulfide) groups is 1. The Kier molecular flexibility index (Phi) is 6.81. The molecule has 5 rings (SSSR count). The zero-order valence-corrected chi connectivity index (χ0v) is 21.3. The van der Waals surface area contributed by atoms with E-state index in [0.29, 0.717) is 13.0 Å². The van der Waals surface area contributed by atoms with Gasteiger partial charge in [-0.05, 0) is 31.5 Å². The first-order valence-electron chi connectivity index (χ1n) is 11.8. The van der Waals surface area contributed by atoms with Crippen LogP contribution in [0, 0.1) is 13.8 Å². The quantitative estimate of drug-likeness (QED) is 0.240. The Bertz CT molecular complexity index is 1510. The van der Waals surface area contributed by atoms with Crippen molar-refractivity contribution in [3.05, 3.63) is 89.6 Å². The van der Waals surface area contributed by atoms with Crippen LogP contribution in [-0.4, -0.2) is 41.2 Å². The average Bonchev–Trinajstić information content (AvgIpc) is 3.45. The maximum Gasteiger partial charge on any atom is 0.234 e. The number of carbonyl (C=O) groups is 1. The van der Waals surface area contributed by atoms with Crippen LogP contribution in [0.5, 0.6) is 0 Å². The Hall–Kier alpha value is -3.98. The number of nitrogens with zero attached hydrogens (tertiary/aromatic N) is 6. The maximum absolute atomic E-state index is 12.9. The summed E-state index contributed by atoms with van der Waals surface area (Å²) < 4.78 is 3.74. The first-order valence-corrected chi connectivity index (χ1v) is 12.8. The van der Waals surface area contributed by atoms with Gasteiger partial charge in [0.25, 0.3) is 0 Å². The van der Waals surface area contributed by atoms with E-state index in [1.165, 1.54) is 11.8 Å². The molecular weight excluding hydrogens is 470 g/mol. The zero-order chi connectivity index (χ0) is 25.1. The average molecular weight is 498 g/mol. The molecule has 8 nitrogen and oxygen atoms in total. The minimum absolute atomic E-state index is 0.106. The molecule has 2 aromatic carbocycles. The van der Waals surface area contributed by atoms with E-state index in [2.05, 4.69) is 27.6 Å². The van der Waals surface area contributed by atoms with E-state index in [4.69, 9.17) is 9.97 Å². The molecule has 0 spiro atoms. The molecule has 0 radical (unpaired) electrons. The molecule has 0 aliphatic rings. The van der Waals surface area contributed by atoms with Crippen molar-refractivity contribution in [2.24, 2.45) is 0 Å². The molecule has 182 valence electrons. The number of amides is 1. The van der Waals surface area contributed by atoms with Crippen LogP contribution in [0.15, 0.2) is 71.9 Å². The molecule has 0 unspecified atom stereocenters. The summed E-state index contributed by atoms with van der Waals surface area (Å²) in [6.45, 7) is 6.56. The van der Waals surface area contributed by atoms with Crippen molar-refractivity contribution in [1.29, 1.82) is 0 Å². The summed E-state index contributed by atoms with van der Waals surface area (Å²) in [7, 11) is 0. The van der Waals surface area contributed by atoms with Crippen LogP contribution in [0.4, 0.5) is 5.69 Å². The lowest BCUT2D eigenvalue weighted by atomic mass is 10.2. The van der Waals surface area contributed by atoms with Gasteiger partial charge in [0.05, 0.1) is 46.6 Å². The Morgan fingerprint density at radius 2 is 1.72 bits per heavy atom. The van der Waals surface area contributed by atoms with Crippen LogP contribution < -0.4 is 5.32 Å². The van der Waals surface area contributed by atoms with E-state index in [1.807, 2.05) is 78.7 Å². The number of aromatic nitrogens is 6. The molecule has 0 aliphatic heterocycles. The molecule has 0 saturated heterocycles. The highest BCUT2D eigenvalue weighted by atomic mass is 32.2. The fourth-order valence-corrected chi connectivity index (χ4v) is 4.86. The van der Waals surface area contributed by atoms with Gasteiger partial charge < -0.3 is 5.32 Å². The smallest absolute Gasteiger partial charge is 0.234 e. The van der Waals surface area contributed by atoms with Crippen molar-refractivity contribution in [3.63, 3.8) is 0 Å². The fraction of sp³-hybridized carbons (Fsp3) is 0.222. The van der Waals surface area contributed by atoms with Crippen LogP contribution >= 0.6 is 11.8 Å². The number of hydrogen-bond donors (Lipinski definition) is 1. The number of nitrogens with one attached hydrogen (secondary N) is 1. The van der Waals surface area contributed by atoms with Gasteiger partial charge in [-0.15, -0.1) is 0 Å². The molecule has 3 aromatic heterocycles. The van der Waals surface area contributed by atoms with Crippen molar-refractivity contribution in [1.82, 2.24) is 29.5 Å². The van der Waals surface area contributed by atoms with Gasteiger partial charge in [-0.1, -0.05) is 67.2 Å². The monoisotopic (exact) mass is 497 g/mol. The number of aryl methyl sites for hydroxylation is 2. The van der Waals surface area contributed by atoms with E-state index < -0.39 is 0 Å². The Balaban J connectivity index is 1.33. The highest BCUT2D eigenvalue weighted by molar-refractivity contribution is 8.00. The van der Waals surface area contributed by atoms with Gasteiger partial charge in [0.1, 0.15) is 10.9 Å². The first kappa shape index (κ1) is 23.7. The minimum Gasteiger partial charge on any atom is -0.322 e. The molecular formula is C27H27N7OS. The second-order valence-corrected chi connectivity index (χ2v) is 9.42. The third kappa shape index (κ3) is 4.87. The number of anilines is 1. The van der Waals surface area contributed by atoms with Gasteiger partial charge in [0, 0.05) is 6.42 Å². The molecule has 5 aromatic rings. The third-order valence-electron chi connectivity index (χ3n) is 5.92. The first-order chi connectivity index (χ1) is 17.5. The Morgan fingerprint density at radius 3 is 2.44 bits per heavy atom. The maximum atomic E-state index is 12.9. The second-order valence-electron chi connectivity index (χ2n) is 8.45. The predicted molar refractivity (Wildman–Crippen MR) is 143 cm³/mol. The number of para-hydroxylation sites is 1. The molecule has 1 N–H and O–H groups in total. The predicted octanol–water partition coefficient (Wildman–Crippen LogP) is 4.97. The summed E-state index contributed by atoms with van der Waals surface area (Å²) in [4.78, 5) is 22.3. The summed E-state index contributed by atoms with van der Waals surface area (Å²) in [5.41, 5.74) is 5.31. The lowest BCUT2D eigenvalue weighted by molar-refractivity contribution is -0.113. The SMILES string of the molecule is CCc1nc(SCC(=O)Nc2c(C)nn(Cc3ccccc3)c2C)c2cnn(-c3ccccc3)c2n1. The second kappa shape index (κ2) is 10.3. The number of hydrogen-bond acceptors (Lipinski definition) is 6. The van der Waals surface area contributed by atoms with E-state index in [-0.39, 0.29) is 11.7 Å².